The topological polar surface area (TPSA) is 38.7 Å². The first-order chi connectivity index (χ1) is 7.44. The van der Waals surface area contributed by atoms with E-state index in [1.165, 1.54) is 0 Å². The summed E-state index contributed by atoms with van der Waals surface area (Å²) in [6.07, 6.45) is 0.584. The van der Waals surface area contributed by atoms with E-state index in [9.17, 15) is 13.9 Å². The zero-order valence-corrected chi connectivity index (χ0v) is 9.84. The molecule has 96 valence electrons. The molecule has 0 spiro atoms. The SMILES string of the molecule is CCCCOC1(C(C)(F)F)COCCC1O. The lowest BCUT2D eigenvalue weighted by atomic mass is 9.87. The second-order valence-electron chi connectivity index (χ2n) is 4.34. The predicted octanol–water partition coefficient (Wildman–Crippen LogP) is 1.98. The summed E-state index contributed by atoms with van der Waals surface area (Å²) in [7, 11) is 0. The molecule has 0 aliphatic carbocycles. The molecule has 0 aromatic heterocycles. The molecule has 3 nitrogen and oxygen atoms in total. The van der Waals surface area contributed by atoms with Gasteiger partial charge in [0.25, 0.3) is 5.92 Å². The molecule has 0 saturated carbocycles. The maximum atomic E-state index is 13.6. The summed E-state index contributed by atoms with van der Waals surface area (Å²) in [5, 5.41) is 9.77. The number of halogens is 2. The molecule has 0 bridgehead atoms. The first kappa shape index (κ1) is 13.8. The first-order valence-electron chi connectivity index (χ1n) is 5.71. The molecule has 1 N–H and O–H groups in total. The summed E-state index contributed by atoms with van der Waals surface area (Å²) in [4.78, 5) is 0. The van der Waals surface area contributed by atoms with Crippen LogP contribution in [0.4, 0.5) is 8.78 Å². The van der Waals surface area contributed by atoms with E-state index in [1.807, 2.05) is 6.92 Å². The lowest BCUT2D eigenvalue weighted by Gasteiger charge is -2.44. The Kier molecular flexibility index (Phi) is 4.64. The van der Waals surface area contributed by atoms with Gasteiger partial charge in [-0.15, -0.1) is 0 Å². The molecule has 16 heavy (non-hydrogen) atoms. The van der Waals surface area contributed by atoms with Crippen molar-refractivity contribution in [2.45, 2.75) is 50.7 Å². The van der Waals surface area contributed by atoms with Crippen molar-refractivity contribution < 1.29 is 23.4 Å². The fourth-order valence-corrected chi connectivity index (χ4v) is 1.83. The van der Waals surface area contributed by atoms with Crippen molar-refractivity contribution in [3.05, 3.63) is 0 Å². The van der Waals surface area contributed by atoms with E-state index in [4.69, 9.17) is 9.47 Å². The molecule has 0 aromatic rings. The summed E-state index contributed by atoms with van der Waals surface area (Å²) in [5.41, 5.74) is -1.87. The molecule has 5 heteroatoms. The molecule has 1 saturated heterocycles. The molecule has 1 fully saturated rings. The minimum atomic E-state index is -3.11. The molecule has 1 aliphatic heterocycles. The summed E-state index contributed by atoms with van der Waals surface area (Å²) in [6, 6.07) is 0. The zero-order valence-electron chi connectivity index (χ0n) is 9.84. The van der Waals surface area contributed by atoms with Crippen molar-refractivity contribution in [3.8, 4) is 0 Å². The van der Waals surface area contributed by atoms with E-state index in [0.29, 0.717) is 13.0 Å². The number of hydrogen-bond acceptors (Lipinski definition) is 3. The second kappa shape index (κ2) is 5.38. The average molecular weight is 238 g/mol. The van der Waals surface area contributed by atoms with Crippen molar-refractivity contribution in [1.82, 2.24) is 0 Å². The summed E-state index contributed by atoms with van der Waals surface area (Å²) < 4.78 is 37.5. The fourth-order valence-electron chi connectivity index (χ4n) is 1.83. The molecular weight excluding hydrogens is 218 g/mol. The Hall–Kier alpha value is -0.260. The number of rotatable bonds is 5. The quantitative estimate of drug-likeness (QED) is 0.744. The van der Waals surface area contributed by atoms with Gasteiger partial charge in [0.2, 0.25) is 0 Å². The Morgan fingerprint density at radius 1 is 1.56 bits per heavy atom. The van der Waals surface area contributed by atoms with Gasteiger partial charge in [0.1, 0.15) is 0 Å². The van der Waals surface area contributed by atoms with Crippen molar-refractivity contribution in [3.63, 3.8) is 0 Å². The summed E-state index contributed by atoms with van der Waals surface area (Å²) in [6.45, 7) is 3.00. The van der Waals surface area contributed by atoms with Crippen LogP contribution in [0.2, 0.25) is 0 Å². The van der Waals surface area contributed by atoms with Crippen LogP contribution >= 0.6 is 0 Å². The molecule has 1 aliphatic rings. The van der Waals surface area contributed by atoms with E-state index >= 15 is 0 Å². The normalized spacial score (nSPS) is 31.7. The largest absolute Gasteiger partial charge is 0.390 e. The highest BCUT2D eigenvalue weighted by Gasteiger charge is 2.57. The van der Waals surface area contributed by atoms with Crippen LogP contribution < -0.4 is 0 Å². The minimum absolute atomic E-state index is 0.190. The van der Waals surface area contributed by atoms with Crippen LogP contribution in [0.1, 0.15) is 33.1 Å². The van der Waals surface area contributed by atoms with E-state index in [-0.39, 0.29) is 19.6 Å². The van der Waals surface area contributed by atoms with Crippen LogP contribution in [0.5, 0.6) is 0 Å². The number of hydrogen-bond donors (Lipinski definition) is 1. The molecule has 0 radical (unpaired) electrons. The zero-order chi connectivity index (χ0) is 12.2. The van der Waals surface area contributed by atoms with Gasteiger partial charge in [-0.1, -0.05) is 13.3 Å². The number of aliphatic hydroxyl groups excluding tert-OH is 1. The Labute approximate surface area is 94.7 Å². The van der Waals surface area contributed by atoms with Crippen molar-refractivity contribution in [2.75, 3.05) is 19.8 Å². The van der Waals surface area contributed by atoms with Crippen molar-refractivity contribution in [2.24, 2.45) is 0 Å². The van der Waals surface area contributed by atoms with Crippen molar-refractivity contribution >= 4 is 0 Å². The van der Waals surface area contributed by atoms with E-state index in [0.717, 1.165) is 13.3 Å². The number of alkyl halides is 2. The molecule has 1 rings (SSSR count). The highest BCUT2D eigenvalue weighted by Crippen LogP contribution is 2.38. The van der Waals surface area contributed by atoms with Gasteiger partial charge in [-0.05, 0) is 12.8 Å². The van der Waals surface area contributed by atoms with Gasteiger partial charge in [0, 0.05) is 20.1 Å². The van der Waals surface area contributed by atoms with Crippen LogP contribution in [0, 0.1) is 0 Å². The Bertz CT molecular complexity index is 218. The average Bonchev–Trinajstić information content (AvgIpc) is 2.19. The molecule has 0 amide bonds. The molecule has 0 aromatic carbocycles. The Morgan fingerprint density at radius 2 is 2.25 bits per heavy atom. The van der Waals surface area contributed by atoms with E-state index in [2.05, 4.69) is 0 Å². The van der Waals surface area contributed by atoms with Crippen LogP contribution in [0.15, 0.2) is 0 Å². The number of ether oxygens (including phenoxy) is 2. The summed E-state index contributed by atoms with van der Waals surface area (Å²) >= 11 is 0. The Morgan fingerprint density at radius 3 is 2.75 bits per heavy atom. The molecule has 1 heterocycles. The monoisotopic (exact) mass is 238 g/mol. The van der Waals surface area contributed by atoms with E-state index in [1.54, 1.807) is 0 Å². The van der Waals surface area contributed by atoms with Crippen LogP contribution in [-0.4, -0.2) is 42.6 Å². The first-order valence-corrected chi connectivity index (χ1v) is 5.71. The maximum Gasteiger partial charge on any atom is 0.278 e. The van der Waals surface area contributed by atoms with Gasteiger partial charge >= 0.3 is 0 Å². The van der Waals surface area contributed by atoms with Gasteiger partial charge in [-0.3, -0.25) is 0 Å². The highest BCUT2D eigenvalue weighted by molar-refractivity contribution is 5.00. The molecular formula is C11H20F2O3. The minimum Gasteiger partial charge on any atom is -0.390 e. The third-order valence-electron chi connectivity index (χ3n) is 2.99. The predicted molar refractivity (Wildman–Crippen MR) is 55.7 cm³/mol. The second-order valence-corrected chi connectivity index (χ2v) is 4.34. The smallest absolute Gasteiger partial charge is 0.278 e. The van der Waals surface area contributed by atoms with Crippen LogP contribution in [-0.2, 0) is 9.47 Å². The standard InChI is InChI=1S/C11H20F2O3/c1-3-4-6-16-11(10(2,12)13)8-15-7-5-9(11)14/h9,14H,3-8H2,1-2H3. The lowest BCUT2D eigenvalue weighted by Crippen LogP contribution is -2.62. The number of aliphatic hydroxyl groups is 1. The third kappa shape index (κ3) is 2.70. The van der Waals surface area contributed by atoms with Crippen LogP contribution in [0.3, 0.4) is 0 Å². The molecule has 2 unspecified atom stereocenters. The van der Waals surface area contributed by atoms with Crippen LogP contribution in [0.25, 0.3) is 0 Å². The highest BCUT2D eigenvalue weighted by atomic mass is 19.3. The maximum absolute atomic E-state index is 13.6. The van der Waals surface area contributed by atoms with Crippen molar-refractivity contribution in [1.29, 1.82) is 0 Å². The molecule has 2 atom stereocenters. The third-order valence-corrected chi connectivity index (χ3v) is 2.99. The fraction of sp³-hybridized carbons (Fsp3) is 1.00. The van der Waals surface area contributed by atoms with Gasteiger partial charge in [-0.25, -0.2) is 8.78 Å². The van der Waals surface area contributed by atoms with Gasteiger partial charge in [0.05, 0.1) is 12.7 Å². The van der Waals surface area contributed by atoms with Gasteiger partial charge < -0.3 is 14.6 Å². The number of unbranched alkanes of at least 4 members (excludes halogenated alkanes) is 1. The Balaban J connectivity index is 2.75. The lowest BCUT2D eigenvalue weighted by molar-refractivity contribution is -0.280. The summed E-state index contributed by atoms with van der Waals surface area (Å²) in [5.74, 6) is -3.11. The van der Waals surface area contributed by atoms with E-state index < -0.39 is 17.6 Å². The van der Waals surface area contributed by atoms with Gasteiger partial charge in [-0.2, -0.15) is 0 Å². The van der Waals surface area contributed by atoms with Gasteiger partial charge in [0.15, 0.2) is 5.60 Å².